The first-order chi connectivity index (χ1) is 12.9. The molecule has 0 N–H and O–H groups in total. The molecule has 0 heterocycles. The molecule has 0 nitrogen and oxygen atoms in total. The van der Waals surface area contributed by atoms with E-state index in [0.29, 0.717) is 5.41 Å². The number of allylic oxidation sites excluding steroid dienone is 5. The molecule has 0 heteroatoms. The molecule has 27 heavy (non-hydrogen) atoms. The fourth-order valence-electron chi connectivity index (χ4n) is 6.66. The molecule has 0 aliphatic heterocycles. The smallest absolute Gasteiger partial charge is 0.0143 e. The molecule has 0 radical (unpaired) electrons. The summed E-state index contributed by atoms with van der Waals surface area (Å²) in [5, 5.41) is 0. The summed E-state index contributed by atoms with van der Waals surface area (Å²) in [6.45, 7) is 14.3. The summed E-state index contributed by atoms with van der Waals surface area (Å²) in [6, 6.07) is 0. The minimum absolute atomic E-state index is 0.559. The molecule has 3 fully saturated rings. The average molecular weight is 369 g/mol. The highest BCUT2D eigenvalue weighted by atomic mass is 14.5. The van der Waals surface area contributed by atoms with Gasteiger partial charge in [-0.2, -0.15) is 0 Å². The van der Waals surface area contributed by atoms with Crippen LogP contribution in [0.4, 0.5) is 0 Å². The topological polar surface area (TPSA) is 0 Å². The third kappa shape index (κ3) is 4.80. The van der Waals surface area contributed by atoms with E-state index in [1.54, 1.807) is 5.57 Å². The van der Waals surface area contributed by atoms with E-state index in [4.69, 9.17) is 0 Å². The maximum absolute atomic E-state index is 4.32. The van der Waals surface area contributed by atoms with E-state index in [-0.39, 0.29) is 0 Å². The zero-order chi connectivity index (χ0) is 19.4. The highest BCUT2D eigenvalue weighted by Gasteiger charge is 2.50. The van der Waals surface area contributed by atoms with Crippen molar-refractivity contribution in [3.63, 3.8) is 0 Å². The average Bonchev–Trinajstić information content (AvgIpc) is 2.98. The number of rotatable bonds is 6. The molecular formula is C27H44. The Morgan fingerprint density at radius 3 is 2.52 bits per heavy atom. The van der Waals surface area contributed by atoms with Crippen LogP contribution in [0.25, 0.3) is 0 Å². The normalized spacial score (nSPS) is 35.8. The van der Waals surface area contributed by atoms with Gasteiger partial charge in [0, 0.05) is 0 Å². The summed E-state index contributed by atoms with van der Waals surface area (Å²) < 4.78 is 0. The van der Waals surface area contributed by atoms with Crippen molar-refractivity contribution in [3.8, 4) is 0 Å². The van der Waals surface area contributed by atoms with Crippen molar-refractivity contribution in [2.24, 2.45) is 29.1 Å². The van der Waals surface area contributed by atoms with Crippen LogP contribution in [0, 0.1) is 29.1 Å². The molecule has 0 aromatic rings. The lowest BCUT2D eigenvalue weighted by atomic mass is 9.60. The van der Waals surface area contributed by atoms with Crippen molar-refractivity contribution < 1.29 is 0 Å². The van der Waals surface area contributed by atoms with Gasteiger partial charge in [-0.1, -0.05) is 76.8 Å². The van der Waals surface area contributed by atoms with Crippen molar-refractivity contribution in [1.82, 2.24) is 0 Å². The fraction of sp³-hybridized carbons (Fsp3) is 0.778. The fourth-order valence-corrected chi connectivity index (χ4v) is 6.66. The molecule has 3 rings (SSSR count). The van der Waals surface area contributed by atoms with E-state index < -0.39 is 0 Å². The lowest BCUT2D eigenvalue weighted by Crippen LogP contribution is -2.36. The SMILES string of the molecule is C=C1CCCCC1=CC=C1CCC[C@]2(C)[C@@H]([C@H](C)CCCC(C)C)CC[C@@H]12. The summed E-state index contributed by atoms with van der Waals surface area (Å²) in [5.41, 5.74) is 5.27. The van der Waals surface area contributed by atoms with Crippen LogP contribution in [-0.2, 0) is 0 Å². The predicted octanol–water partition coefficient (Wildman–Crippen LogP) is 8.65. The highest BCUT2D eigenvalue weighted by molar-refractivity contribution is 5.35. The number of hydrogen-bond donors (Lipinski definition) is 0. The van der Waals surface area contributed by atoms with E-state index >= 15 is 0 Å². The zero-order valence-corrected chi connectivity index (χ0v) is 18.7. The van der Waals surface area contributed by atoms with Gasteiger partial charge in [-0.3, -0.25) is 0 Å². The van der Waals surface area contributed by atoms with Gasteiger partial charge in [0.25, 0.3) is 0 Å². The van der Waals surface area contributed by atoms with Crippen molar-refractivity contribution >= 4 is 0 Å². The van der Waals surface area contributed by atoms with Crippen molar-refractivity contribution in [1.29, 1.82) is 0 Å². The Bertz CT molecular complexity index is 575. The van der Waals surface area contributed by atoms with Crippen molar-refractivity contribution in [3.05, 3.63) is 35.5 Å². The van der Waals surface area contributed by atoms with E-state index in [9.17, 15) is 0 Å². The second-order valence-electron chi connectivity index (χ2n) is 10.6. The van der Waals surface area contributed by atoms with Crippen LogP contribution in [0.15, 0.2) is 35.5 Å². The quantitative estimate of drug-likeness (QED) is 0.440. The summed E-state index contributed by atoms with van der Waals surface area (Å²) in [4.78, 5) is 0. The summed E-state index contributed by atoms with van der Waals surface area (Å²) in [6.07, 6.45) is 21.5. The second-order valence-corrected chi connectivity index (χ2v) is 10.6. The van der Waals surface area contributed by atoms with Crippen LogP contribution in [0.1, 0.15) is 105 Å². The highest BCUT2D eigenvalue weighted by Crippen LogP contribution is 2.59. The Kier molecular flexibility index (Phi) is 7.09. The monoisotopic (exact) mass is 368 g/mol. The van der Waals surface area contributed by atoms with Gasteiger partial charge in [-0.05, 0) is 92.4 Å². The van der Waals surface area contributed by atoms with E-state index in [1.807, 2.05) is 0 Å². The lowest BCUT2D eigenvalue weighted by molar-refractivity contribution is 0.0929. The molecule has 0 spiro atoms. The van der Waals surface area contributed by atoms with Crippen LogP contribution in [0.2, 0.25) is 0 Å². The molecule has 3 aliphatic rings. The Morgan fingerprint density at radius 2 is 1.78 bits per heavy atom. The first kappa shape index (κ1) is 20.9. The van der Waals surface area contributed by atoms with Gasteiger partial charge in [0.15, 0.2) is 0 Å². The van der Waals surface area contributed by atoms with Gasteiger partial charge in [0.05, 0.1) is 0 Å². The minimum atomic E-state index is 0.559. The Hall–Kier alpha value is -0.780. The van der Waals surface area contributed by atoms with Crippen LogP contribution < -0.4 is 0 Å². The third-order valence-electron chi connectivity index (χ3n) is 8.29. The zero-order valence-electron chi connectivity index (χ0n) is 18.7. The first-order valence-electron chi connectivity index (χ1n) is 12.0. The summed E-state index contributed by atoms with van der Waals surface area (Å²) >= 11 is 0. The van der Waals surface area contributed by atoms with Crippen molar-refractivity contribution in [2.45, 2.75) is 105 Å². The second kappa shape index (κ2) is 9.15. The summed E-state index contributed by atoms with van der Waals surface area (Å²) in [5.74, 6) is 3.54. The molecule has 4 atom stereocenters. The maximum atomic E-state index is 4.32. The largest absolute Gasteiger partial charge is 0.0956 e. The van der Waals surface area contributed by atoms with E-state index in [2.05, 4.69) is 46.4 Å². The Morgan fingerprint density at radius 1 is 1.00 bits per heavy atom. The molecule has 0 saturated heterocycles. The summed E-state index contributed by atoms with van der Waals surface area (Å²) in [7, 11) is 0. The molecule has 3 saturated carbocycles. The van der Waals surface area contributed by atoms with Crippen LogP contribution in [0.5, 0.6) is 0 Å². The molecule has 152 valence electrons. The molecule has 0 aromatic carbocycles. The van der Waals surface area contributed by atoms with Crippen LogP contribution in [-0.4, -0.2) is 0 Å². The Labute approximate surface area is 169 Å². The van der Waals surface area contributed by atoms with Gasteiger partial charge < -0.3 is 0 Å². The predicted molar refractivity (Wildman–Crippen MR) is 120 cm³/mol. The molecule has 0 unspecified atom stereocenters. The van der Waals surface area contributed by atoms with Gasteiger partial charge >= 0.3 is 0 Å². The first-order valence-corrected chi connectivity index (χ1v) is 12.0. The number of hydrogen-bond acceptors (Lipinski definition) is 0. The van der Waals surface area contributed by atoms with Crippen molar-refractivity contribution in [2.75, 3.05) is 0 Å². The molecule has 0 amide bonds. The lowest BCUT2D eigenvalue weighted by Gasteiger charge is -2.44. The number of fused-ring (bicyclic) bond motifs is 1. The molecule has 0 bridgehead atoms. The standard InChI is InChI=1S/C27H44/c1-20(2)10-8-12-22(4)25-17-18-26-24(14-9-19-27(25,26)5)16-15-23-13-7-6-11-21(23)3/h15-16,20,22,25-26H,3,6-14,17-19H2,1-2,4-5H3/t22-,25-,26+,27-/m1/s1. The van der Waals surface area contributed by atoms with Gasteiger partial charge in [-0.25, -0.2) is 0 Å². The van der Waals surface area contributed by atoms with Crippen LogP contribution >= 0.6 is 0 Å². The Balaban J connectivity index is 1.69. The third-order valence-corrected chi connectivity index (χ3v) is 8.29. The van der Waals surface area contributed by atoms with Gasteiger partial charge in [-0.15, -0.1) is 0 Å². The van der Waals surface area contributed by atoms with Gasteiger partial charge in [0.2, 0.25) is 0 Å². The molecular weight excluding hydrogens is 324 g/mol. The molecule has 0 aromatic heterocycles. The van der Waals surface area contributed by atoms with E-state index in [1.165, 1.54) is 88.2 Å². The van der Waals surface area contributed by atoms with E-state index in [0.717, 1.165) is 23.7 Å². The molecule has 3 aliphatic carbocycles. The maximum Gasteiger partial charge on any atom is -0.0143 e. The van der Waals surface area contributed by atoms with Gasteiger partial charge in [0.1, 0.15) is 0 Å². The minimum Gasteiger partial charge on any atom is -0.0956 e. The van der Waals surface area contributed by atoms with Crippen LogP contribution in [0.3, 0.4) is 0 Å².